The van der Waals surface area contributed by atoms with Gasteiger partial charge in [0.15, 0.2) is 0 Å². The smallest absolute Gasteiger partial charge is 0.308 e. The zero-order chi connectivity index (χ0) is 13.9. The van der Waals surface area contributed by atoms with Gasteiger partial charge in [-0.15, -0.1) is 0 Å². The number of hydrogen-bond donors (Lipinski definition) is 2. The summed E-state index contributed by atoms with van der Waals surface area (Å²) in [5.74, 6) is 5.26. The molecule has 0 saturated carbocycles. The van der Waals surface area contributed by atoms with Crippen molar-refractivity contribution in [2.75, 3.05) is 0 Å². The Hall–Kier alpha value is -1.08. The van der Waals surface area contributed by atoms with E-state index in [4.69, 9.17) is 5.84 Å². The standard InChI is InChI=1S/C11H13BrF3N3/c1-6(2)17-10(18-16)8-4-3-7(12)5-9(8)11(13,14)15/h3-6H,16H2,1-2H3,(H,17,18). The average Bonchev–Trinajstić information content (AvgIpc) is 2.24. The summed E-state index contributed by atoms with van der Waals surface area (Å²) in [5.41, 5.74) is 1.37. The number of amidine groups is 1. The van der Waals surface area contributed by atoms with Crippen LogP contribution in [0.4, 0.5) is 13.2 Å². The number of halogens is 4. The summed E-state index contributed by atoms with van der Waals surface area (Å²) in [6.07, 6.45) is -4.46. The lowest BCUT2D eigenvalue weighted by atomic mass is 10.1. The van der Waals surface area contributed by atoms with Crippen LogP contribution >= 0.6 is 15.9 Å². The summed E-state index contributed by atoms with van der Waals surface area (Å²) in [7, 11) is 0. The van der Waals surface area contributed by atoms with Gasteiger partial charge in [0.1, 0.15) is 5.84 Å². The fourth-order valence-electron chi connectivity index (χ4n) is 1.40. The van der Waals surface area contributed by atoms with E-state index in [0.717, 1.165) is 6.07 Å². The summed E-state index contributed by atoms with van der Waals surface area (Å²) in [6.45, 7) is 3.51. The van der Waals surface area contributed by atoms with Crippen molar-refractivity contribution in [3.63, 3.8) is 0 Å². The van der Waals surface area contributed by atoms with Gasteiger partial charge in [-0.05, 0) is 32.0 Å². The number of benzene rings is 1. The van der Waals surface area contributed by atoms with Crippen molar-refractivity contribution in [2.45, 2.75) is 26.1 Å². The van der Waals surface area contributed by atoms with Gasteiger partial charge in [-0.2, -0.15) is 13.2 Å². The molecule has 0 unspecified atom stereocenters. The maximum atomic E-state index is 12.9. The minimum atomic E-state index is -4.46. The normalized spacial score (nSPS) is 13.0. The number of nitrogens with two attached hydrogens (primary N) is 1. The van der Waals surface area contributed by atoms with Crippen LogP contribution < -0.4 is 11.3 Å². The second kappa shape index (κ2) is 5.71. The molecule has 0 bridgehead atoms. The first kappa shape index (κ1) is 15.0. The topological polar surface area (TPSA) is 50.4 Å². The van der Waals surface area contributed by atoms with Gasteiger partial charge in [-0.1, -0.05) is 15.9 Å². The average molecular weight is 324 g/mol. The minimum absolute atomic E-state index is 0.0184. The number of nitrogens with one attached hydrogen (secondary N) is 1. The highest BCUT2D eigenvalue weighted by Gasteiger charge is 2.34. The fourth-order valence-corrected chi connectivity index (χ4v) is 1.76. The van der Waals surface area contributed by atoms with E-state index in [9.17, 15) is 13.2 Å². The second-order valence-electron chi connectivity index (χ2n) is 3.90. The first-order chi connectivity index (χ1) is 8.25. The van der Waals surface area contributed by atoms with Crippen molar-refractivity contribution in [3.05, 3.63) is 33.8 Å². The third-order valence-corrected chi connectivity index (χ3v) is 2.56. The molecule has 0 fully saturated rings. The van der Waals surface area contributed by atoms with Crippen LogP contribution in [0.2, 0.25) is 0 Å². The van der Waals surface area contributed by atoms with Crippen LogP contribution in [-0.4, -0.2) is 11.9 Å². The number of hydrogen-bond acceptors (Lipinski definition) is 2. The Morgan fingerprint density at radius 1 is 1.39 bits per heavy atom. The van der Waals surface area contributed by atoms with Crippen LogP contribution in [0, 0.1) is 0 Å². The van der Waals surface area contributed by atoms with Gasteiger partial charge in [0.25, 0.3) is 0 Å². The predicted octanol–water partition coefficient (Wildman–Crippen LogP) is 3.09. The highest BCUT2D eigenvalue weighted by Crippen LogP contribution is 2.34. The summed E-state index contributed by atoms with van der Waals surface area (Å²) < 4.78 is 39.1. The fraction of sp³-hybridized carbons (Fsp3) is 0.364. The second-order valence-corrected chi connectivity index (χ2v) is 4.82. The van der Waals surface area contributed by atoms with Crippen LogP contribution in [-0.2, 0) is 6.18 Å². The maximum Gasteiger partial charge on any atom is 0.417 e. The third-order valence-electron chi connectivity index (χ3n) is 2.07. The molecule has 1 aromatic carbocycles. The Bertz CT molecular complexity index is 455. The van der Waals surface area contributed by atoms with Crippen LogP contribution in [0.5, 0.6) is 0 Å². The van der Waals surface area contributed by atoms with Crippen LogP contribution in [0.3, 0.4) is 0 Å². The highest BCUT2D eigenvalue weighted by atomic mass is 79.9. The van der Waals surface area contributed by atoms with Crippen molar-refractivity contribution in [1.29, 1.82) is 0 Å². The van der Waals surface area contributed by atoms with E-state index in [0.29, 0.717) is 4.47 Å². The summed E-state index contributed by atoms with van der Waals surface area (Å²) in [4.78, 5) is 4.03. The van der Waals surface area contributed by atoms with E-state index in [1.807, 2.05) is 0 Å². The molecule has 3 nitrogen and oxygen atoms in total. The van der Waals surface area contributed by atoms with Gasteiger partial charge < -0.3 is 5.43 Å². The molecule has 1 aromatic rings. The van der Waals surface area contributed by atoms with Crippen molar-refractivity contribution >= 4 is 21.8 Å². The van der Waals surface area contributed by atoms with E-state index in [2.05, 4.69) is 26.3 Å². The van der Waals surface area contributed by atoms with Gasteiger partial charge >= 0.3 is 6.18 Å². The van der Waals surface area contributed by atoms with Gasteiger partial charge in [0.05, 0.1) is 5.56 Å². The van der Waals surface area contributed by atoms with Crippen molar-refractivity contribution in [2.24, 2.45) is 10.8 Å². The van der Waals surface area contributed by atoms with Gasteiger partial charge in [-0.25, -0.2) is 5.84 Å². The SMILES string of the molecule is CC(C)N=C(NN)c1ccc(Br)cc1C(F)(F)F. The molecule has 0 spiro atoms. The Kier molecular flexibility index (Phi) is 4.75. The number of alkyl halides is 3. The molecule has 1 rings (SSSR count). The number of nitrogens with zero attached hydrogens (tertiary/aromatic N) is 1. The largest absolute Gasteiger partial charge is 0.417 e. The molecule has 0 amide bonds. The Morgan fingerprint density at radius 3 is 2.44 bits per heavy atom. The molecular formula is C11H13BrF3N3. The molecule has 0 saturated heterocycles. The zero-order valence-electron chi connectivity index (χ0n) is 9.85. The van der Waals surface area contributed by atoms with Gasteiger partial charge in [0, 0.05) is 16.1 Å². The highest BCUT2D eigenvalue weighted by molar-refractivity contribution is 9.10. The third kappa shape index (κ3) is 3.71. The van der Waals surface area contributed by atoms with E-state index in [1.54, 1.807) is 13.8 Å². The molecule has 0 aliphatic carbocycles. The summed E-state index contributed by atoms with van der Waals surface area (Å²) in [6, 6.07) is 3.68. The molecular weight excluding hydrogens is 311 g/mol. The van der Waals surface area contributed by atoms with Crippen molar-refractivity contribution < 1.29 is 13.2 Å². The van der Waals surface area contributed by atoms with E-state index in [1.165, 1.54) is 12.1 Å². The first-order valence-electron chi connectivity index (χ1n) is 5.17. The van der Waals surface area contributed by atoms with Gasteiger partial charge in [0.2, 0.25) is 0 Å². The Balaban J connectivity index is 3.40. The lowest BCUT2D eigenvalue weighted by molar-refractivity contribution is -0.137. The van der Waals surface area contributed by atoms with Crippen molar-refractivity contribution in [1.82, 2.24) is 5.43 Å². The van der Waals surface area contributed by atoms with Crippen molar-refractivity contribution in [3.8, 4) is 0 Å². The lowest BCUT2D eigenvalue weighted by Gasteiger charge is -2.15. The zero-order valence-corrected chi connectivity index (χ0v) is 11.4. The molecule has 0 atom stereocenters. The van der Waals surface area contributed by atoms with Gasteiger partial charge in [-0.3, -0.25) is 4.99 Å². The summed E-state index contributed by atoms with van der Waals surface area (Å²) >= 11 is 3.02. The molecule has 0 heterocycles. The molecule has 0 aliphatic heterocycles. The van der Waals surface area contributed by atoms with Crippen LogP contribution in [0.25, 0.3) is 0 Å². The quantitative estimate of drug-likeness (QED) is 0.380. The molecule has 0 radical (unpaired) electrons. The predicted molar refractivity (Wildman–Crippen MR) is 68.1 cm³/mol. The Labute approximate surface area is 111 Å². The minimum Gasteiger partial charge on any atom is -0.308 e. The molecule has 7 heteroatoms. The number of aliphatic imine (C=N–C) groups is 1. The van der Waals surface area contributed by atoms with Crippen LogP contribution in [0.15, 0.2) is 27.7 Å². The molecule has 0 aliphatic rings. The first-order valence-corrected chi connectivity index (χ1v) is 5.96. The number of rotatable bonds is 2. The monoisotopic (exact) mass is 323 g/mol. The van der Waals surface area contributed by atoms with E-state index in [-0.39, 0.29) is 17.4 Å². The molecule has 18 heavy (non-hydrogen) atoms. The van der Waals surface area contributed by atoms with E-state index < -0.39 is 11.7 Å². The number of hydrazine groups is 1. The molecule has 100 valence electrons. The Morgan fingerprint density at radius 2 is 2.00 bits per heavy atom. The van der Waals surface area contributed by atoms with Crippen LogP contribution in [0.1, 0.15) is 25.0 Å². The van der Waals surface area contributed by atoms with E-state index >= 15 is 0 Å². The summed E-state index contributed by atoms with van der Waals surface area (Å²) in [5, 5.41) is 0. The maximum absolute atomic E-state index is 12.9. The lowest BCUT2D eigenvalue weighted by Crippen LogP contribution is -2.33. The molecule has 3 N–H and O–H groups in total. The molecule has 0 aromatic heterocycles.